The van der Waals surface area contributed by atoms with Crippen LogP contribution in [0.25, 0.3) is 11.4 Å². The highest BCUT2D eigenvalue weighted by Crippen LogP contribution is 2.43. The monoisotopic (exact) mass is 534 g/mol. The number of hydrogen-bond acceptors (Lipinski definition) is 9. The van der Waals surface area contributed by atoms with Gasteiger partial charge in [-0.2, -0.15) is 5.10 Å². The van der Waals surface area contributed by atoms with Crippen LogP contribution in [0.3, 0.4) is 0 Å². The number of nitrogens with zero attached hydrogens (tertiary/aromatic N) is 6. The maximum Gasteiger partial charge on any atom is 0.265 e. The Morgan fingerprint density at radius 1 is 1.08 bits per heavy atom. The van der Waals surface area contributed by atoms with Crippen molar-refractivity contribution in [3.8, 4) is 11.4 Å². The number of rotatable bonds is 5. The molecule has 1 aliphatic carbocycles. The molecule has 11 heteroatoms. The zero-order chi connectivity index (χ0) is 26.4. The Kier molecular flexibility index (Phi) is 6.51. The average Bonchev–Trinajstić information content (AvgIpc) is 3.58. The molecular formula is C27H34N8O2S. The van der Waals surface area contributed by atoms with Gasteiger partial charge in [0.05, 0.1) is 18.3 Å². The van der Waals surface area contributed by atoms with E-state index in [1.54, 1.807) is 12.4 Å². The summed E-state index contributed by atoms with van der Waals surface area (Å²) in [6.07, 6.45) is 10.1. The molecule has 3 aliphatic rings. The number of fused-ring (bicyclic) bond motifs is 3. The van der Waals surface area contributed by atoms with Crippen molar-refractivity contribution in [2.75, 3.05) is 31.9 Å². The molecule has 5 heterocycles. The average molecular weight is 535 g/mol. The second-order valence-corrected chi connectivity index (χ2v) is 12.4. The number of aromatic amines is 1. The van der Waals surface area contributed by atoms with Gasteiger partial charge in [-0.15, -0.1) is 11.3 Å². The number of hydrogen-bond donors (Lipinski definition) is 2. The lowest BCUT2D eigenvalue weighted by molar-refractivity contribution is 0.0594. The highest BCUT2D eigenvalue weighted by Gasteiger charge is 2.38. The fourth-order valence-corrected chi connectivity index (χ4v) is 7.17. The fraction of sp³-hybridized carbons (Fsp3) is 0.556. The molecule has 2 fully saturated rings. The predicted molar refractivity (Wildman–Crippen MR) is 145 cm³/mol. The molecule has 3 aromatic rings. The van der Waals surface area contributed by atoms with E-state index < -0.39 is 0 Å². The maximum atomic E-state index is 13.4. The van der Waals surface area contributed by atoms with Gasteiger partial charge >= 0.3 is 0 Å². The molecule has 0 radical (unpaired) electrons. The van der Waals surface area contributed by atoms with Gasteiger partial charge in [0, 0.05) is 30.9 Å². The van der Waals surface area contributed by atoms with Crippen LogP contribution in [0.1, 0.15) is 82.2 Å². The third kappa shape index (κ3) is 4.62. The number of anilines is 1. The summed E-state index contributed by atoms with van der Waals surface area (Å²) in [5, 5.41) is 8.05. The number of nitrogens with one attached hydrogen (secondary N) is 1. The number of nitrogens with two attached hydrogens (primary N) is 1. The van der Waals surface area contributed by atoms with Crippen molar-refractivity contribution in [2.24, 2.45) is 0 Å². The number of carbonyl (C=O) groups excluding carboxylic acids is 2. The van der Waals surface area contributed by atoms with Crippen LogP contribution >= 0.6 is 11.3 Å². The van der Waals surface area contributed by atoms with E-state index in [-0.39, 0.29) is 29.5 Å². The number of aromatic nitrogens is 5. The summed E-state index contributed by atoms with van der Waals surface area (Å²) in [4.78, 5) is 44.7. The summed E-state index contributed by atoms with van der Waals surface area (Å²) >= 11 is 1.31. The molecule has 0 saturated carbocycles. The minimum atomic E-state index is -0.329. The van der Waals surface area contributed by atoms with Crippen molar-refractivity contribution in [1.29, 1.82) is 0 Å². The Morgan fingerprint density at radius 3 is 2.61 bits per heavy atom. The van der Waals surface area contributed by atoms with Crippen LogP contribution in [0.4, 0.5) is 5.95 Å². The third-order valence-corrected chi connectivity index (χ3v) is 9.18. The van der Waals surface area contributed by atoms with E-state index in [1.165, 1.54) is 43.7 Å². The van der Waals surface area contributed by atoms with Crippen molar-refractivity contribution >= 4 is 29.0 Å². The smallest absolute Gasteiger partial charge is 0.265 e. The van der Waals surface area contributed by atoms with E-state index in [2.05, 4.69) is 43.9 Å². The number of nitrogen functional groups attached to an aromatic ring is 1. The van der Waals surface area contributed by atoms with Crippen molar-refractivity contribution in [3.05, 3.63) is 39.1 Å². The topological polar surface area (TPSA) is 134 Å². The molecule has 3 aromatic heterocycles. The zero-order valence-electron chi connectivity index (χ0n) is 22.0. The van der Waals surface area contributed by atoms with Gasteiger partial charge in [0.1, 0.15) is 21.3 Å². The number of thiazole rings is 1. The highest BCUT2D eigenvalue weighted by atomic mass is 32.1. The first-order valence-electron chi connectivity index (χ1n) is 13.5. The first kappa shape index (κ1) is 25.1. The molecule has 10 nitrogen and oxygen atoms in total. The Bertz CT molecular complexity index is 1370. The largest absolute Gasteiger partial charge is 0.368 e. The summed E-state index contributed by atoms with van der Waals surface area (Å²) in [6.45, 7) is 8.11. The summed E-state index contributed by atoms with van der Waals surface area (Å²) < 4.78 is 0. The molecular weight excluding hydrogens is 500 g/mol. The normalized spacial score (nSPS) is 19.7. The first-order valence-corrected chi connectivity index (χ1v) is 14.3. The van der Waals surface area contributed by atoms with Crippen LogP contribution in [-0.2, 0) is 18.3 Å². The van der Waals surface area contributed by atoms with E-state index in [4.69, 9.17) is 5.73 Å². The van der Waals surface area contributed by atoms with Gasteiger partial charge in [-0.3, -0.25) is 14.7 Å². The van der Waals surface area contributed by atoms with Gasteiger partial charge in [0.15, 0.2) is 5.78 Å². The maximum absolute atomic E-state index is 13.4. The Labute approximate surface area is 226 Å². The molecule has 0 atom stereocenters. The minimum absolute atomic E-state index is 0.0206. The van der Waals surface area contributed by atoms with Gasteiger partial charge < -0.3 is 15.5 Å². The lowest BCUT2D eigenvalue weighted by Crippen LogP contribution is -2.48. The second-order valence-electron chi connectivity index (χ2n) is 11.3. The lowest BCUT2D eigenvalue weighted by atomic mass is 9.73. The zero-order valence-corrected chi connectivity index (χ0v) is 22.8. The van der Waals surface area contributed by atoms with Gasteiger partial charge in [0.2, 0.25) is 5.95 Å². The molecule has 0 aromatic carbocycles. The van der Waals surface area contributed by atoms with Gasteiger partial charge in [-0.25, -0.2) is 15.0 Å². The van der Waals surface area contributed by atoms with Crippen LogP contribution < -0.4 is 5.73 Å². The number of piperidine rings is 2. The Balaban J connectivity index is 1.13. The van der Waals surface area contributed by atoms with Crippen molar-refractivity contribution < 1.29 is 9.59 Å². The van der Waals surface area contributed by atoms with E-state index in [9.17, 15) is 9.59 Å². The van der Waals surface area contributed by atoms with E-state index >= 15 is 0 Å². The standard InChI is InChI=1S/C27H34N8O2S/c1-27(2)13-16-14-30-26(28)31-22(16)24-21(27)23(32-33-24)18(36)12-20-29-15-19(38-20)25(37)35-10-6-17(7-11-35)34-8-4-3-5-9-34/h14-15,17H,3-13H2,1-2H3,(H,32,33)(H2,28,30,31). The number of amides is 1. The summed E-state index contributed by atoms with van der Waals surface area (Å²) in [5.74, 6) is 0.0983. The summed E-state index contributed by atoms with van der Waals surface area (Å²) in [5.41, 5.74) is 9.10. The van der Waals surface area contributed by atoms with Crippen molar-refractivity contribution in [3.63, 3.8) is 0 Å². The van der Waals surface area contributed by atoms with Crippen LogP contribution in [0, 0.1) is 0 Å². The number of carbonyl (C=O) groups is 2. The number of likely N-dealkylation sites (tertiary alicyclic amines) is 2. The molecule has 0 bridgehead atoms. The van der Waals surface area contributed by atoms with E-state index in [1.807, 2.05) is 4.90 Å². The second kappa shape index (κ2) is 9.85. The SMILES string of the molecule is CC1(C)Cc2cnc(N)nc2-c2n[nH]c(C(=O)Cc3ncc(C(=O)N4CCC(N5CCCCC5)CC4)s3)c21. The number of ketones is 1. The van der Waals surface area contributed by atoms with E-state index in [0.717, 1.165) is 37.1 Å². The molecule has 3 N–H and O–H groups in total. The molecule has 2 saturated heterocycles. The Hall–Kier alpha value is -3.18. The molecule has 38 heavy (non-hydrogen) atoms. The molecule has 0 unspecified atom stereocenters. The van der Waals surface area contributed by atoms with Crippen molar-refractivity contribution in [2.45, 2.75) is 70.3 Å². The summed E-state index contributed by atoms with van der Waals surface area (Å²) in [7, 11) is 0. The van der Waals surface area contributed by atoms with Gasteiger partial charge in [-0.05, 0) is 56.2 Å². The van der Waals surface area contributed by atoms with Crippen LogP contribution in [-0.4, -0.2) is 78.9 Å². The minimum Gasteiger partial charge on any atom is -0.368 e. The van der Waals surface area contributed by atoms with E-state index in [0.29, 0.717) is 39.4 Å². The van der Waals surface area contributed by atoms with Crippen LogP contribution in [0.2, 0.25) is 0 Å². The van der Waals surface area contributed by atoms with Crippen LogP contribution in [0.5, 0.6) is 0 Å². The molecule has 6 rings (SSSR count). The quantitative estimate of drug-likeness (QED) is 0.477. The fourth-order valence-electron chi connectivity index (χ4n) is 6.28. The van der Waals surface area contributed by atoms with Crippen LogP contribution in [0.15, 0.2) is 12.4 Å². The summed E-state index contributed by atoms with van der Waals surface area (Å²) in [6, 6.07) is 0.591. The first-order chi connectivity index (χ1) is 18.3. The van der Waals surface area contributed by atoms with Crippen molar-refractivity contribution in [1.82, 2.24) is 34.9 Å². The number of H-pyrrole nitrogens is 1. The third-order valence-electron chi connectivity index (χ3n) is 8.20. The lowest BCUT2D eigenvalue weighted by Gasteiger charge is -2.40. The van der Waals surface area contributed by atoms with Gasteiger partial charge in [0.25, 0.3) is 5.91 Å². The van der Waals surface area contributed by atoms with Gasteiger partial charge in [-0.1, -0.05) is 20.3 Å². The highest BCUT2D eigenvalue weighted by molar-refractivity contribution is 7.13. The predicted octanol–water partition coefficient (Wildman–Crippen LogP) is 3.26. The molecule has 0 spiro atoms. The molecule has 2 aliphatic heterocycles. The molecule has 200 valence electrons. The Morgan fingerprint density at radius 2 is 1.84 bits per heavy atom. The molecule has 1 amide bonds. The number of Topliss-reactive ketones (excluding diaryl/α,β-unsaturated/α-hetero) is 1.